The van der Waals surface area contributed by atoms with E-state index in [0.717, 1.165) is 18.0 Å². The van der Waals surface area contributed by atoms with Gasteiger partial charge in [-0.05, 0) is 24.1 Å². The fourth-order valence-electron chi connectivity index (χ4n) is 1.72. The Morgan fingerprint density at radius 1 is 1.33 bits per heavy atom. The highest BCUT2D eigenvalue weighted by Gasteiger charge is 2.17. The van der Waals surface area contributed by atoms with Crippen molar-refractivity contribution in [2.75, 3.05) is 13.1 Å². The summed E-state index contributed by atoms with van der Waals surface area (Å²) in [5.74, 6) is 0.0696. The molecule has 0 radical (unpaired) electrons. The molecule has 3 nitrogen and oxygen atoms in total. The second-order valence-electron chi connectivity index (χ2n) is 3.73. The molecule has 2 rings (SSSR count). The van der Waals surface area contributed by atoms with E-state index in [1.165, 1.54) is 5.56 Å². The molecule has 2 N–H and O–H groups in total. The topological polar surface area (TPSA) is 41.1 Å². The van der Waals surface area contributed by atoms with Crippen molar-refractivity contribution < 1.29 is 4.79 Å². The highest BCUT2D eigenvalue weighted by Crippen LogP contribution is 2.11. The van der Waals surface area contributed by atoms with E-state index < -0.39 is 0 Å². The summed E-state index contributed by atoms with van der Waals surface area (Å²) < 4.78 is 0. The fourth-order valence-corrected chi connectivity index (χ4v) is 1.84. The van der Waals surface area contributed by atoms with Crippen LogP contribution in [0.15, 0.2) is 24.3 Å². The Morgan fingerprint density at radius 3 is 2.73 bits per heavy atom. The van der Waals surface area contributed by atoms with Crippen molar-refractivity contribution in [1.29, 1.82) is 0 Å². The van der Waals surface area contributed by atoms with E-state index in [4.69, 9.17) is 11.6 Å². The zero-order valence-corrected chi connectivity index (χ0v) is 9.05. The number of carbonyl (C=O) groups is 1. The normalized spacial score (nSPS) is 21.1. The van der Waals surface area contributed by atoms with Crippen molar-refractivity contribution in [1.82, 2.24) is 10.6 Å². The number of benzene rings is 1. The molecule has 1 fully saturated rings. The van der Waals surface area contributed by atoms with Gasteiger partial charge < -0.3 is 10.6 Å². The zero-order chi connectivity index (χ0) is 10.7. The maximum Gasteiger partial charge on any atom is 0.234 e. The van der Waals surface area contributed by atoms with Gasteiger partial charge in [0.1, 0.15) is 0 Å². The van der Waals surface area contributed by atoms with Gasteiger partial charge in [0.2, 0.25) is 5.91 Å². The highest BCUT2D eigenvalue weighted by atomic mass is 35.5. The maximum absolute atomic E-state index is 11.1. The monoisotopic (exact) mass is 224 g/mol. The molecule has 0 aliphatic carbocycles. The molecular weight excluding hydrogens is 212 g/mol. The van der Waals surface area contributed by atoms with Gasteiger partial charge in [-0.25, -0.2) is 0 Å². The molecular formula is C11H13ClN2O. The minimum Gasteiger partial charge on any atom is -0.351 e. The molecule has 0 saturated carbocycles. The molecule has 0 bridgehead atoms. The highest BCUT2D eigenvalue weighted by molar-refractivity contribution is 6.30. The number of nitrogens with one attached hydrogen (secondary N) is 2. The lowest BCUT2D eigenvalue weighted by molar-refractivity contribution is -0.122. The second kappa shape index (κ2) is 4.64. The first kappa shape index (κ1) is 10.5. The Kier molecular flexibility index (Phi) is 3.23. The van der Waals surface area contributed by atoms with Gasteiger partial charge in [-0.1, -0.05) is 23.7 Å². The lowest BCUT2D eigenvalue weighted by Crippen LogP contribution is -2.52. The summed E-state index contributed by atoms with van der Waals surface area (Å²) in [7, 11) is 0. The van der Waals surface area contributed by atoms with E-state index in [0.29, 0.717) is 6.54 Å². The number of hydrogen-bond donors (Lipinski definition) is 2. The molecule has 1 aromatic carbocycles. The molecule has 0 aromatic heterocycles. The summed E-state index contributed by atoms with van der Waals surface area (Å²) >= 11 is 5.80. The molecule has 80 valence electrons. The van der Waals surface area contributed by atoms with E-state index in [1.807, 2.05) is 24.3 Å². The fraction of sp³-hybridized carbons (Fsp3) is 0.364. The van der Waals surface area contributed by atoms with Crippen LogP contribution < -0.4 is 10.6 Å². The average molecular weight is 225 g/mol. The zero-order valence-electron chi connectivity index (χ0n) is 8.29. The Morgan fingerprint density at radius 2 is 2.07 bits per heavy atom. The van der Waals surface area contributed by atoms with Crippen molar-refractivity contribution in [2.24, 2.45) is 0 Å². The predicted molar refractivity (Wildman–Crippen MR) is 60.0 cm³/mol. The second-order valence-corrected chi connectivity index (χ2v) is 4.16. The molecule has 1 aliphatic rings. The van der Waals surface area contributed by atoms with Crippen LogP contribution in [0.4, 0.5) is 0 Å². The summed E-state index contributed by atoms with van der Waals surface area (Å²) in [4.78, 5) is 11.1. The number of hydrogen-bond acceptors (Lipinski definition) is 2. The molecule has 0 spiro atoms. The Hall–Kier alpha value is -1.06. The number of piperazine rings is 1. The van der Waals surface area contributed by atoms with Gasteiger partial charge in [0.05, 0.1) is 6.54 Å². The molecule has 1 unspecified atom stereocenters. The van der Waals surface area contributed by atoms with E-state index in [2.05, 4.69) is 10.6 Å². The molecule has 1 saturated heterocycles. The van der Waals surface area contributed by atoms with E-state index >= 15 is 0 Å². The van der Waals surface area contributed by atoms with E-state index in [-0.39, 0.29) is 11.9 Å². The Labute approximate surface area is 93.8 Å². The Balaban J connectivity index is 1.96. The van der Waals surface area contributed by atoms with Crippen molar-refractivity contribution >= 4 is 17.5 Å². The standard InChI is InChI=1S/C11H13ClN2O/c12-9-3-1-8(2-4-9)5-10-6-13-7-11(15)14-10/h1-4,10,13H,5-7H2,(H,14,15). The number of halogens is 1. The van der Waals surface area contributed by atoms with Gasteiger partial charge in [-0.15, -0.1) is 0 Å². The molecule has 1 heterocycles. The van der Waals surface area contributed by atoms with Gasteiger partial charge in [0.15, 0.2) is 0 Å². The first-order chi connectivity index (χ1) is 7.24. The third-order valence-electron chi connectivity index (χ3n) is 2.44. The quantitative estimate of drug-likeness (QED) is 0.786. The molecule has 4 heteroatoms. The predicted octanol–water partition coefficient (Wildman–Crippen LogP) is 0.970. The van der Waals surface area contributed by atoms with Crippen LogP contribution in [-0.2, 0) is 11.2 Å². The van der Waals surface area contributed by atoms with Crippen molar-refractivity contribution in [3.63, 3.8) is 0 Å². The van der Waals surface area contributed by atoms with Crippen LogP contribution in [-0.4, -0.2) is 25.0 Å². The number of amides is 1. The lowest BCUT2D eigenvalue weighted by atomic mass is 10.0. The van der Waals surface area contributed by atoms with E-state index in [9.17, 15) is 4.79 Å². The molecule has 1 aromatic rings. The van der Waals surface area contributed by atoms with Gasteiger partial charge >= 0.3 is 0 Å². The van der Waals surface area contributed by atoms with Crippen LogP contribution in [0.3, 0.4) is 0 Å². The van der Waals surface area contributed by atoms with Crippen LogP contribution in [0, 0.1) is 0 Å². The third-order valence-corrected chi connectivity index (χ3v) is 2.69. The summed E-state index contributed by atoms with van der Waals surface area (Å²) in [6, 6.07) is 7.91. The van der Waals surface area contributed by atoms with Crippen LogP contribution in [0.2, 0.25) is 5.02 Å². The smallest absolute Gasteiger partial charge is 0.234 e. The van der Waals surface area contributed by atoms with Gasteiger partial charge in [0.25, 0.3) is 0 Å². The molecule has 1 aliphatic heterocycles. The van der Waals surface area contributed by atoms with Crippen molar-refractivity contribution in [3.8, 4) is 0 Å². The third kappa shape index (κ3) is 2.94. The molecule has 15 heavy (non-hydrogen) atoms. The SMILES string of the molecule is O=C1CNCC(Cc2ccc(Cl)cc2)N1. The van der Waals surface area contributed by atoms with Crippen LogP contribution in [0.5, 0.6) is 0 Å². The summed E-state index contributed by atoms with van der Waals surface area (Å²) in [6.45, 7) is 1.26. The van der Waals surface area contributed by atoms with Crippen molar-refractivity contribution in [3.05, 3.63) is 34.9 Å². The number of rotatable bonds is 2. The largest absolute Gasteiger partial charge is 0.351 e. The molecule has 1 atom stereocenters. The van der Waals surface area contributed by atoms with Gasteiger partial charge in [0, 0.05) is 17.6 Å². The van der Waals surface area contributed by atoms with Crippen LogP contribution in [0.1, 0.15) is 5.56 Å². The van der Waals surface area contributed by atoms with E-state index in [1.54, 1.807) is 0 Å². The maximum atomic E-state index is 11.1. The first-order valence-electron chi connectivity index (χ1n) is 4.98. The van der Waals surface area contributed by atoms with Gasteiger partial charge in [-0.3, -0.25) is 4.79 Å². The minimum absolute atomic E-state index is 0.0696. The summed E-state index contributed by atoms with van der Waals surface area (Å²) in [6.07, 6.45) is 0.843. The average Bonchev–Trinajstić information content (AvgIpc) is 2.22. The summed E-state index contributed by atoms with van der Waals surface area (Å²) in [5.41, 5.74) is 1.19. The summed E-state index contributed by atoms with van der Waals surface area (Å²) in [5, 5.41) is 6.76. The van der Waals surface area contributed by atoms with Crippen molar-refractivity contribution in [2.45, 2.75) is 12.5 Å². The lowest BCUT2D eigenvalue weighted by Gasteiger charge is -2.24. The van der Waals surface area contributed by atoms with Crippen LogP contribution >= 0.6 is 11.6 Å². The van der Waals surface area contributed by atoms with Crippen LogP contribution in [0.25, 0.3) is 0 Å². The first-order valence-corrected chi connectivity index (χ1v) is 5.36. The Bertz CT molecular complexity index is 350. The number of carbonyl (C=O) groups excluding carboxylic acids is 1. The minimum atomic E-state index is 0.0696. The van der Waals surface area contributed by atoms with Gasteiger partial charge in [-0.2, -0.15) is 0 Å². The molecule has 1 amide bonds.